The first-order valence-electron chi connectivity index (χ1n) is 7.50. The van der Waals surface area contributed by atoms with Crippen molar-refractivity contribution < 1.29 is 9.47 Å². The van der Waals surface area contributed by atoms with Gasteiger partial charge in [-0.2, -0.15) is 14.9 Å². The number of ether oxygens (including phenoxy) is 2. The van der Waals surface area contributed by atoms with Gasteiger partial charge in [-0.1, -0.05) is 24.3 Å². The molecule has 6 nitrogen and oxygen atoms in total. The number of H-pyrrole nitrogens is 1. The van der Waals surface area contributed by atoms with Crippen molar-refractivity contribution in [3.05, 3.63) is 56.8 Å². The summed E-state index contributed by atoms with van der Waals surface area (Å²) in [7, 11) is 0. The number of nitrogens with zero attached hydrogens (tertiary/aromatic N) is 3. The summed E-state index contributed by atoms with van der Waals surface area (Å²) in [6, 6.07) is 11.7. The Morgan fingerprint density at radius 3 is 2.84 bits per heavy atom. The summed E-state index contributed by atoms with van der Waals surface area (Å²) in [6.45, 7) is 2.25. The van der Waals surface area contributed by atoms with Crippen LogP contribution in [0.25, 0.3) is 11.4 Å². The van der Waals surface area contributed by atoms with E-state index in [4.69, 9.17) is 21.7 Å². The first-order valence-corrected chi connectivity index (χ1v) is 8.70. The Bertz CT molecular complexity index is 1040. The van der Waals surface area contributed by atoms with E-state index < -0.39 is 0 Å². The summed E-state index contributed by atoms with van der Waals surface area (Å²) in [4.78, 5) is 0. The number of aromatic nitrogens is 3. The zero-order valence-corrected chi connectivity index (χ0v) is 15.6. The second-order valence-corrected chi connectivity index (χ2v) is 6.69. The van der Waals surface area contributed by atoms with Gasteiger partial charge in [0.1, 0.15) is 0 Å². The normalized spacial score (nSPS) is 12.9. The highest BCUT2D eigenvalue weighted by atomic mass is 79.9. The molecular weight excluding hydrogens is 404 g/mol. The lowest BCUT2D eigenvalue weighted by atomic mass is 10.1. The van der Waals surface area contributed by atoms with Crippen molar-refractivity contribution in [1.82, 2.24) is 14.9 Å². The zero-order valence-electron chi connectivity index (χ0n) is 13.2. The number of hydrogen-bond donors (Lipinski definition) is 1. The van der Waals surface area contributed by atoms with E-state index in [9.17, 15) is 0 Å². The highest BCUT2D eigenvalue weighted by Crippen LogP contribution is 2.36. The van der Waals surface area contributed by atoms with E-state index in [1.165, 1.54) is 0 Å². The fraction of sp³-hybridized carbons (Fsp3) is 0.118. The van der Waals surface area contributed by atoms with E-state index >= 15 is 0 Å². The molecule has 8 heteroatoms. The molecule has 0 unspecified atom stereocenters. The monoisotopic (exact) mass is 416 g/mol. The van der Waals surface area contributed by atoms with Crippen molar-refractivity contribution >= 4 is 34.4 Å². The maximum atomic E-state index is 5.41. The molecule has 1 aromatic heterocycles. The lowest BCUT2D eigenvalue weighted by Crippen LogP contribution is -1.97. The molecule has 25 heavy (non-hydrogen) atoms. The predicted octanol–water partition coefficient (Wildman–Crippen LogP) is 4.29. The fourth-order valence-corrected chi connectivity index (χ4v) is 3.15. The lowest BCUT2D eigenvalue weighted by Gasteiger charge is -2.05. The minimum absolute atomic E-state index is 0.229. The van der Waals surface area contributed by atoms with Crippen LogP contribution in [0, 0.1) is 11.7 Å². The van der Waals surface area contributed by atoms with E-state index in [2.05, 4.69) is 31.2 Å². The largest absolute Gasteiger partial charge is 0.454 e. The van der Waals surface area contributed by atoms with Crippen LogP contribution >= 0.6 is 28.1 Å². The van der Waals surface area contributed by atoms with Crippen molar-refractivity contribution in [3.63, 3.8) is 0 Å². The molecule has 0 amide bonds. The van der Waals surface area contributed by atoms with E-state index in [1.807, 2.05) is 43.3 Å². The second-order valence-electron chi connectivity index (χ2n) is 5.45. The number of fused-ring (bicyclic) bond motifs is 1. The van der Waals surface area contributed by atoms with Gasteiger partial charge in [0.2, 0.25) is 11.6 Å². The molecule has 0 radical (unpaired) electrons. The van der Waals surface area contributed by atoms with Gasteiger partial charge >= 0.3 is 0 Å². The van der Waals surface area contributed by atoms with Crippen LogP contribution in [0.5, 0.6) is 11.5 Å². The van der Waals surface area contributed by atoms with Crippen LogP contribution in [0.3, 0.4) is 0 Å². The maximum Gasteiger partial charge on any atom is 0.231 e. The van der Waals surface area contributed by atoms with Crippen molar-refractivity contribution in [3.8, 4) is 22.9 Å². The molecule has 0 fully saturated rings. The highest BCUT2D eigenvalue weighted by molar-refractivity contribution is 9.10. The molecular formula is C17H13BrN4O2S. The molecule has 0 aliphatic carbocycles. The smallest absolute Gasteiger partial charge is 0.231 e. The first kappa shape index (κ1) is 16.0. The van der Waals surface area contributed by atoms with Crippen molar-refractivity contribution in [2.75, 3.05) is 6.79 Å². The number of hydrogen-bond acceptors (Lipinski definition) is 5. The van der Waals surface area contributed by atoms with Crippen molar-refractivity contribution in [1.29, 1.82) is 0 Å². The van der Waals surface area contributed by atoms with Gasteiger partial charge in [-0.25, -0.2) is 5.10 Å². The Labute approximate surface area is 157 Å². The standard InChI is InChI=1S/C17H13BrN4O2S/c1-10-4-2-3-5-12(10)16-20-21-17(25)22(16)19-8-11-6-14-15(7-13(11)18)24-9-23-14/h2-8H,9H2,1H3,(H,21,25)/b19-8+. The minimum Gasteiger partial charge on any atom is -0.454 e. The summed E-state index contributed by atoms with van der Waals surface area (Å²) < 4.78 is 13.7. The van der Waals surface area contributed by atoms with Gasteiger partial charge in [0.05, 0.1) is 6.21 Å². The Balaban J connectivity index is 1.75. The molecule has 1 aliphatic heterocycles. The van der Waals surface area contributed by atoms with Crippen molar-refractivity contribution in [2.24, 2.45) is 5.10 Å². The number of benzene rings is 2. The van der Waals surface area contributed by atoms with E-state index in [0.717, 1.165) is 21.2 Å². The van der Waals surface area contributed by atoms with Gasteiger partial charge in [-0.05, 0) is 52.8 Å². The van der Waals surface area contributed by atoms with Gasteiger partial charge in [-0.3, -0.25) is 0 Å². The molecule has 2 heterocycles. The molecule has 1 aliphatic rings. The number of aromatic amines is 1. The minimum atomic E-state index is 0.229. The summed E-state index contributed by atoms with van der Waals surface area (Å²) >= 11 is 8.84. The van der Waals surface area contributed by atoms with E-state index in [-0.39, 0.29) is 6.79 Å². The third kappa shape index (κ3) is 2.98. The van der Waals surface area contributed by atoms with Crippen LogP contribution in [-0.2, 0) is 0 Å². The topological polar surface area (TPSA) is 64.4 Å². The van der Waals surface area contributed by atoms with E-state index in [0.29, 0.717) is 22.1 Å². The quantitative estimate of drug-likeness (QED) is 0.510. The molecule has 1 N–H and O–H groups in total. The van der Waals surface area contributed by atoms with Crippen LogP contribution in [-0.4, -0.2) is 27.9 Å². The summed E-state index contributed by atoms with van der Waals surface area (Å²) in [5.74, 6) is 2.07. The fourth-order valence-electron chi connectivity index (χ4n) is 2.55. The highest BCUT2D eigenvalue weighted by Gasteiger charge is 2.16. The molecule has 0 bridgehead atoms. The SMILES string of the molecule is Cc1ccccc1-c1n[nH]c(=S)n1/N=C/c1cc2c(cc1Br)OCO2. The Hall–Kier alpha value is -2.45. The maximum absolute atomic E-state index is 5.41. The number of nitrogens with one attached hydrogen (secondary N) is 1. The molecule has 0 saturated heterocycles. The number of halogens is 1. The summed E-state index contributed by atoms with van der Waals surface area (Å²) in [5, 5.41) is 11.6. The molecule has 126 valence electrons. The van der Waals surface area contributed by atoms with Gasteiger partial charge in [0.15, 0.2) is 17.3 Å². The average Bonchev–Trinajstić information content (AvgIpc) is 3.19. The molecule has 3 aromatic rings. The summed E-state index contributed by atoms with van der Waals surface area (Å²) in [5.41, 5.74) is 2.91. The third-order valence-electron chi connectivity index (χ3n) is 3.84. The van der Waals surface area contributed by atoms with Crippen LogP contribution in [0.2, 0.25) is 0 Å². The molecule has 0 spiro atoms. The zero-order chi connectivity index (χ0) is 17.4. The second kappa shape index (κ2) is 6.45. The molecule has 2 aromatic carbocycles. The third-order valence-corrected chi connectivity index (χ3v) is 4.79. The van der Waals surface area contributed by atoms with Crippen LogP contribution in [0.15, 0.2) is 46.0 Å². The number of rotatable bonds is 3. The molecule has 4 rings (SSSR count). The van der Waals surface area contributed by atoms with Crippen LogP contribution in [0.4, 0.5) is 0 Å². The van der Waals surface area contributed by atoms with Gasteiger partial charge in [-0.15, -0.1) is 0 Å². The Kier molecular flexibility index (Phi) is 4.14. The van der Waals surface area contributed by atoms with Gasteiger partial charge in [0, 0.05) is 15.6 Å². The molecule has 0 atom stereocenters. The average molecular weight is 417 g/mol. The van der Waals surface area contributed by atoms with Gasteiger partial charge in [0.25, 0.3) is 0 Å². The number of aryl methyl sites for hydroxylation is 1. The Morgan fingerprint density at radius 1 is 1.28 bits per heavy atom. The summed E-state index contributed by atoms with van der Waals surface area (Å²) in [6.07, 6.45) is 1.71. The van der Waals surface area contributed by atoms with Crippen LogP contribution < -0.4 is 9.47 Å². The molecule has 0 saturated carbocycles. The predicted molar refractivity (Wildman–Crippen MR) is 101 cm³/mol. The van der Waals surface area contributed by atoms with Crippen molar-refractivity contribution in [2.45, 2.75) is 6.92 Å². The Morgan fingerprint density at radius 2 is 2.04 bits per heavy atom. The first-order chi connectivity index (χ1) is 12.1. The van der Waals surface area contributed by atoms with Crippen LogP contribution in [0.1, 0.15) is 11.1 Å². The van der Waals surface area contributed by atoms with Gasteiger partial charge < -0.3 is 9.47 Å². The van der Waals surface area contributed by atoms with E-state index in [1.54, 1.807) is 10.9 Å². The lowest BCUT2D eigenvalue weighted by molar-refractivity contribution is 0.174.